The summed E-state index contributed by atoms with van der Waals surface area (Å²) in [5.74, 6) is 0.150. The fraction of sp³-hybridized carbons (Fsp3) is 0.583. The maximum absolute atomic E-state index is 11.8. The van der Waals surface area contributed by atoms with Crippen LogP contribution < -0.4 is 5.32 Å². The molecule has 1 amide bonds. The quantitative estimate of drug-likeness (QED) is 0.817. The zero-order valence-electron chi connectivity index (χ0n) is 8.71. The lowest BCUT2D eigenvalue weighted by Gasteiger charge is -2.08. The Hall–Kier alpha value is -0.830. The number of fused-ring (bicyclic) bond motifs is 1. The fourth-order valence-electron chi connectivity index (χ4n) is 2.09. The van der Waals surface area contributed by atoms with Crippen molar-refractivity contribution in [2.45, 2.75) is 44.6 Å². The van der Waals surface area contributed by atoms with Crippen LogP contribution in [-0.2, 0) is 12.8 Å². The lowest BCUT2D eigenvalue weighted by molar-refractivity contribution is 0.0955. The maximum atomic E-state index is 11.8. The predicted octanol–water partition coefficient (Wildman–Crippen LogP) is 2.52. The van der Waals surface area contributed by atoms with Gasteiger partial charge in [0.05, 0.1) is 4.88 Å². The van der Waals surface area contributed by atoms with E-state index < -0.39 is 0 Å². The molecule has 15 heavy (non-hydrogen) atoms. The van der Waals surface area contributed by atoms with Gasteiger partial charge in [0.1, 0.15) is 0 Å². The van der Waals surface area contributed by atoms with Gasteiger partial charge in [-0.3, -0.25) is 4.79 Å². The molecule has 2 nitrogen and oxygen atoms in total. The number of hydrogen-bond donors (Lipinski definition) is 1. The van der Waals surface area contributed by atoms with Crippen LogP contribution in [0.25, 0.3) is 0 Å². The van der Waals surface area contributed by atoms with Gasteiger partial charge in [0.25, 0.3) is 5.91 Å². The smallest absolute Gasteiger partial charge is 0.261 e. The van der Waals surface area contributed by atoms with E-state index >= 15 is 0 Å². The minimum Gasteiger partial charge on any atom is -0.349 e. The van der Waals surface area contributed by atoms with Gasteiger partial charge >= 0.3 is 0 Å². The molecule has 0 bridgehead atoms. The highest BCUT2D eigenvalue weighted by atomic mass is 32.1. The zero-order valence-corrected chi connectivity index (χ0v) is 9.53. The van der Waals surface area contributed by atoms with E-state index in [0.29, 0.717) is 6.04 Å². The number of carbonyl (C=O) groups is 1. The van der Waals surface area contributed by atoms with Crippen molar-refractivity contribution in [1.82, 2.24) is 5.32 Å². The summed E-state index contributed by atoms with van der Waals surface area (Å²) < 4.78 is 0. The van der Waals surface area contributed by atoms with Crippen LogP contribution in [-0.4, -0.2) is 11.9 Å². The first-order valence-corrected chi connectivity index (χ1v) is 6.57. The summed E-state index contributed by atoms with van der Waals surface area (Å²) in [5.41, 5.74) is 1.42. The highest BCUT2D eigenvalue weighted by molar-refractivity contribution is 7.14. The van der Waals surface area contributed by atoms with Gasteiger partial charge in [0, 0.05) is 10.9 Å². The van der Waals surface area contributed by atoms with Gasteiger partial charge in [0.15, 0.2) is 0 Å². The van der Waals surface area contributed by atoms with Crippen molar-refractivity contribution in [2.75, 3.05) is 0 Å². The molecule has 1 fully saturated rings. The lowest BCUT2D eigenvalue weighted by atomic mass is 9.99. The molecule has 3 heteroatoms. The van der Waals surface area contributed by atoms with E-state index in [4.69, 9.17) is 0 Å². The van der Waals surface area contributed by atoms with Gasteiger partial charge in [0.2, 0.25) is 0 Å². The Balaban J connectivity index is 1.78. The summed E-state index contributed by atoms with van der Waals surface area (Å²) in [5, 5.41) is 3.05. The first-order chi connectivity index (χ1) is 7.33. The van der Waals surface area contributed by atoms with Crippen molar-refractivity contribution in [3.05, 3.63) is 21.4 Å². The second-order valence-electron chi connectivity index (χ2n) is 4.51. The SMILES string of the molecule is O=C(NC1CC1)c1cc2c(s1)CCCC2. The molecule has 0 aliphatic heterocycles. The van der Waals surface area contributed by atoms with Crippen molar-refractivity contribution < 1.29 is 4.79 Å². The molecule has 1 aromatic heterocycles. The van der Waals surface area contributed by atoms with Gasteiger partial charge in [-0.15, -0.1) is 11.3 Å². The first kappa shape index (κ1) is 9.40. The van der Waals surface area contributed by atoms with E-state index in [1.165, 1.54) is 36.1 Å². The van der Waals surface area contributed by atoms with Gasteiger partial charge < -0.3 is 5.32 Å². The normalized spacial score (nSPS) is 19.7. The molecule has 2 aliphatic carbocycles. The summed E-state index contributed by atoms with van der Waals surface area (Å²) in [6.45, 7) is 0. The molecule has 0 unspecified atom stereocenters. The number of rotatable bonds is 2. The topological polar surface area (TPSA) is 29.1 Å². The van der Waals surface area contributed by atoms with Crippen LogP contribution in [0.2, 0.25) is 0 Å². The molecular formula is C12H15NOS. The summed E-state index contributed by atoms with van der Waals surface area (Å²) >= 11 is 1.70. The van der Waals surface area contributed by atoms with Gasteiger partial charge in [-0.2, -0.15) is 0 Å². The van der Waals surface area contributed by atoms with Crippen LogP contribution in [0, 0.1) is 0 Å². The Labute approximate surface area is 93.7 Å². The van der Waals surface area contributed by atoms with Crippen LogP contribution in [0.4, 0.5) is 0 Å². The molecule has 0 spiro atoms. The molecule has 0 atom stereocenters. The zero-order chi connectivity index (χ0) is 10.3. The molecular weight excluding hydrogens is 206 g/mol. The van der Waals surface area contributed by atoms with E-state index in [1.807, 2.05) is 0 Å². The van der Waals surface area contributed by atoms with Crippen molar-refractivity contribution in [1.29, 1.82) is 0 Å². The largest absolute Gasteiger partial charge is 0.349 e. The number of carbonyl (C=O) groups excluding carboxylic acids is 1. The van der Waals surface area contributed by atoms with Gasteiger partial charge in [-0.25, -0.2) is 0 Å². The van der Waals surface area contributed by atoms with Gasteiger partial charge in [-0.1, -0.05) is 0 Å². The van der Waals surface area contributed by atoms with E-state index in [1.54, 1.807) is 11.3 Å². The van der Waals surface area contributed by atoms with Crippen molar-refractivity contribution in [3.63, 3.8) is 0 Å². The Morgan fingerprint density at radius 3 is 2.87 bits per heavy atom. The summed E-state index contributed by atoms with van der Waals surface area (Å²) in [6, 6.07) is 2.58. The number of hydrogen-bond acceptors (Lipinski definition) is 2. The lowest BCUT2D eigenvalue weighted by Crippen LogP contribution is -2.24. The van der Waals surface area contributed by atoms with Crippen LogP contribution >= 0.6 is 11.3 Å². The molecule has 1 aromatic rings. The highest BCUT2D eigenvalue weighted by Crippen LogP contribution is 2.30. The van der Waals surface area contributed by atoms with E-state index in [-0.39, 0.29) is 5.91 Å². The van der Waals surface area contributed by atoms with E-state index in [0.717, 1.165) is 17.7 Å². The van der Waals surface area contributed by atoms with E-state index in [2.05, 4.69) is 11.4 Å². The van der Waals surface area contributed by atoms with Crippen LogP contribution in [0.5, 0.6) is 0 Å². The number of aryl methyl sites for hydroxylation is 2. The van der Waals surface area contributed by atoms with Crippen molar-refractivity contribution in [3.8, 4) is 0 Å². The minimum atomic E-state index is 0.150. The Morgan fingerprint density at radius 1 is 1.33 bits per heavy atom. The highest BCUT2D eigenvalue weighted by Gasteiger charge is 2.25. The first-order valence-electron chi connectivity index (χ1n) is 5.75. The third-order valence-corrected chi connectivity index (χ3v) is 4.37. The van der Waals surface area contributed by atoms with E-state index in [9.17, 15) is 4.79 Å². The molecule has 0 saturated heterocycles. The second kappa shape index (κ2) is 3.63. The molecule has 0 aromatic carbocycles. The summed E-state index contributed by atoms with van der Waals surface area (Å²) in [4.78, 5) is 14.2. The average Bonchev–Trinajstić information content (AvgIpc) is 2.95. The van der Waals surface area contributed by atoms with Crippen LogP contribution in [0.3, 0.4) is 0 Å². The molecule has 1 heterocycles. The minimum absolute atomic E-state index is 0.150. The summed E-state index contributed by atoms with van der Waals surface area (Å²) in [6.07, 6.45) is 7.25. The third kappa shape index (κ3) is 1.93. The predicted molar refractivity (Wildman–Crippen MR) is 61.4 cm³/mol. The molecule has 1 N–H and O–H groups in total. The van der Waals surface area contributed by atoms with Crippen molar-refractivity contribution >= 4 is 17.2 Å². The molecule has 3 rings (SSSR count). The van der Waals surface area contributed by atoms with Gasteiger partial charge in [-0.05, 0) is 50.2 Å². The third-order valence-electron chi connectivity index (χ3n) is 3.13. The number of amides is 1. The Kier molecular flexibility index (Phi) is 2.28. The number of thiophene rings is 1. The molecule has 2 aliphatic rings. The standard InChI is InChI=1S/C12H15NOS/c14-12(13-9-5-6-9)11-7-8-3-1-2-4-10(8)15-11/h7,9H,1-6H2,(H,13,14). The monoisotopic (exact) mass is 221 g/mol. The molecule has 80 valence electrons. The molecule has 1 saturated carbocycles. The Morgan fingerprint density at radius 2 is 2.13 bits per heavy atom. The average molecular weight is 221 g/mol. The second-order valence-corrected chi connectivity index (χ2v) is 5.65. The number of nitrogens with one attached hydrogen (secondary N) is 1. The van der Waals surface area contributed by atoms with Crippen molar-refractivity contribution in [2.24, 2.45) is 0 Å². The Bertz CT molecular complexity index is 369. The summed E-state index contributed by atoms with van der Waals surface area (Å²) in [7, 11) is 0. The fourth-order valence-corrected chi connectivity index (χ4v) is 3.24. The van der Waals surface area contributed by atoms with Crippen LogP contribution in [0.1, 0.15) is 45.8 Å². The molecule has 0 radical (unpaired) electrons. The maximum Gasteiger partial charge on any atom is 0.261 e. The van der Waals surface area contributed by atoms with Crippen LogP contribution in [0.15, 0.2) is 6.07 Å².